The van der Waals surface area contributed by atoms with Crippen LogP contribution in [0.1, 0.15) is 51.5 Å². The Bertz CT molecular complexity index is 439. The molecule has 1 aromatic rings. The third kappa shape index (κ3) is 4.19. The molecule has 0 radical (unpaired) electrons. The largest absolute Gasteiger partial charge is 0.366 e. The summed E-state index contributed by atoms with van der Waals surface area (Å²) in [5, 5.41) is 0. The molecule has 1 aliphatic rings. The molecule has 0 aromatic heterocycles. The lowest BCUT2D eigenvalue weighted by Gasteiger charge is -2.34. The Morgan fingerprint density at radius 3 is 2.62 bits per heavy atom. The normalized spacial score (nSPS) is 15.9. The average Bonchev–Trinajstić information content (AvgIpc) is 2.95. The number of hydrogen-bond acceptors (Lipinski definition) is 2. The molecule has 2 rings (SSSR count). The van der Waals surface area contributed by atoms with Crippen LogP contribution in [0.4, 0.5) is 10.1 Å². The van der Waals surface area contributed by atoms with Crippen molar-refractivity contribution in [1.29, 1.82) is 0 Å². The van der Waals surface area contributed by atoms with Gasteiger partial charge in [0, 0.05) is 12.6 Å². The highest BCUT2D eigenvalue weighted by Crippen LogP contribution is 2.33. The molecule has 1 saturated carbocycles. The van der Waals surface area contributed by atoms with E-state index < -0.39 is 0 Å². The first-order valence-electron chi connectivity index (χ1n) is 8.37. The molecule has 0 amide bonds. The molecule has 0 heterocycles. The van der Waals surface area contributed by atoms with E-state index in [1.54, 1.807) is 12.1 Å². The number of para-hydroxylation sites is 1. The fourth-order valence-electron chi connectivity index (χ4n) is 3.33. The maximum atomic E-state index is 14.5. The highest BCUT2D eigenvalue weighted by atomic mass is 19.1. The van der Waals surface area contributed by atoms with Gasteiger partial charge in [-0.1, -0.05) is 38.8 Å². The summed E-state index contributed by atoms with van der Waals surface area (Å²) in [5.74, 6) is 0.551. The maximum Gasteiger partial charge on any atom is 0.146 e. The van der Waals surface area contributed by atoms with Crippen LogP contribution in [0.5, 0.6) is 0 Å². The number of hydrogen-bond donors (Lipinski definition) is 1. The number of benzene rings is 1. The van der Waals surface area contributed by atoms with Gasteiger partial charge in [-0.3, -0.25) is 0 Å². The predicted molar refractivity (Wildman–Crippen MR) is 88.2 cm³/mol. The zero-order valence-corrected chi connectivity index (χ0v) is 13.4. The van der Waals surface area contributed by atoms with Gasteiger partial charge in [0.05, 0.1) is 5.69 Å². The van der Waals surface area contributed by atoms with Crippen molar-refractivity contribution in [1.82, 2.24) is 0 Å². The summed E-state index contributed by atoms with van der Waals surface area (Å²) in [4.78, 5) is 2.34. The maximum absolute atomic E-state index is 14.5. The molecule has 1 aliphatic carbocycles. The second kappa shape index (κ2) is 7.79. The molecule has 2 N–H and O–H groups in total. The molecular weight excluding hydrogens is 263 g/mol. The molecule has 1 fully saturated rings. The second-order valence-corrected chi connectivity index (χ2v) is 6.60. The summed E-state index contributed by atoms with van der Waals surface area (Å²) in [5.41, 5.74) is 7.59. The van der Waals surface area contributed by atoms with Gasteiger partial charge in [0.25, 0.3) is 0 Å². The molecule has 0 atom stereocenters. The molecule has 3 heteroatoms. The summed E-state index contributed by atoms with van der Waals surface area (Å²) < 4.78 is 14.5. The van der Waals surface area contributed by atoms with Crippen LogP contribution >= 0.6 is 0 Å². The van der Waals surface area contributed by atoms with E-state index in [9.17, 15) is 4.39 Å². The molecule has 0 saturated heterocycles. The number of anilines is 1. The van der Waals surface area contributed by atoms with E-state index in [2.05, 4.69) is 18.7 Å². The van der Waals surface area contributed by atoms with E-state index in [0.717, 1.165) is 30.6 Å². The molecule has 0 unspecified atom stereocenters. The summed E-state index contributed by atoms with van der Waals surface area (Å²) in [6, 6.07) is 5.92. The van der Waals surface area contributed by atoms with E-state index in [0.29, 0.717) is 18.5 Å². The number of rotatable bonds is 7. The van der Waals surface area contributed by atoms with Crippen molar-refractivity contribution < 1.29 is 4.39 Å². The van der Waals surface area contributed by atoms with Crippen LogP contribution in [0.3, 0.4) is 0 Å². The molecule has 21 heavy (non-hydrogen) atoms. The Hall–Kier alpha value is -1.09. The van der Waals surface area contributed by atoms with Gasteiger partial charge in [-0.05, 0) is 49.8 Å². The number of nitrogens with zero attached hydrogens (tertiary/aromatic N) is 1. The minimum absolute atomic E-state index is 0.0865. The lowest BCUT2D eigenvalue weighted by atomic mass is 10.0. The zero-order valence-electron chi connectivity index (χ0n) is 13.4. The third-order valence-corrected chi connectivity index (χ3v) is 4.48. The standard InChI is InChI=1S/C18H29FN2/c1-14(2)11-13-21(16-7-3-4-8-16)18-15(10-12-20)6-5-9-17(18)19/h5-6,9,14,16H,3-4,7-8,10-13,20H2,1-2H3. The van der Waals surface area contributed by atoms with Crippen LogP contribution < -0.4 is 10.6 Å². The predicted octanol–water partition coefficient (Wildman–Crippen LogP) is 4.12. The summed E-state index contributed by atoms with van der Waals surface area (Å²) >= 11 is 0. The average molecular weight is 292 g/mol. The Labute approximate surface area is 128 Å². The minimum atomic E-state index is -0.0865. The van der Waals surface area contributed by atoms with Crippen molar-refractivity contribution in [2.75, 3.05) is 18.0 Å². The summed E-state index contributed by atoms with van der Waals surface area (Å²) in [6.45, 7) is 5.98. The van der Waals surface area contributed by atoms with Gasteiger partial charge in [0.2, 0.25) is 0 Å². The van der Waals surface area contributed by atoms with Crippen LogP contribution in [0.2, 0.25) is 0 Å². The van der Waals surface area contributed by atoms with Crippen LogP contribution in [-0.2, 0) is 6.42 Å². The molecule has 118 valence electrons. The molecular formula is C18H29FN2. The SMILES string of the molecule is CC(C)CCN(c1c(F)cccc1CCN)C1CCCC1. The van der Waals surface area contributed by atoms with Crippen LogP contribution in [0, 0.1) is 11.7 Å². The van der Waals surface area contributed by atoms with Crippen molar-refractivity contribution in [2.45, 2.75) is 58.4 Å². The zero-order chi connectivity index (χ0) is 15.2. The van der Waals surface area contributed by atoms with Crippen molar-refractivity contribution in [3.8, 4) is 0 Å². The Kier molecular flexibility index (Phi) is 6.04. The summed E-state index contributed by atoms with van der Waals surface area (Å²) in [7, 11) is 0. The quantitative estimate of drug-likeness (QED) is 0.819. The van der Waals surface area contributed by atoms with Crippen LogP contribution in [-0.4, -0.2) is 19.1 Å². The molecule has 0 bridgehead atoms. The van der Waals surface area contributed by atoms with Crippen molar-refractivity contribution in [2.24, 2.45) is 11.7 Å². The van der Waals surface area contributed by atoms with Crippen molar-refractivity contribution >= 4 is 5.69 Å². The number of halogens is 1. The van der Waals surface area contributed by atoms with Crippen molar-refractivity contribution in [3.63, 3.8) is 0 Å². The van der Waals surface area contributed by atoms with Gasteiger partial charge < -0.3 is 10.6 Å². The summed E-state index contributed by atoms with van der Waals surface area (Å²) in [6.07, 6.45) is 6.76. The smallest absolute Gasteiger partial charge is 0.146 e. The monoisotopic (exact) mass is 292 g/mol. The molecule has 2 nitrogen and oxygen atoms in total. The Morgan fingerprint density at radius 2 is 2.00 bits per heavy atom. The van der Waals surface area contributed by atoms with Gasteiger partial charge in [0.1, 0.15) is 5.82 Å². The second-order valence-electron chi connectivity index (χ2n) is 6.60. The van der Waals surface area contributed by atoms with Gasteiger partial charge in [0.15, 0.2) is 0 Å². The lowest BCUT2D eigenvalue weighted by Crippen LogP contribution is -2.36. The first kappa shape index (κ1) is 16.3. The van der Waals surface area contributed by atoms with E-state index in [4.69, 9.17) is 5.73 Å². The molecule has 0 aliphatic heterocycles. The topological polar surface area (TPSA) is 29.3 Å². The molecule has 1 aromatic carbocycles. The van der Waals surface area contributed by atoms with E-state index in [1.165, 1.54) is 25.7 Å². The first-order valence-corrected chi connectivity index (χ1v) is 8.37. The van der Waals surface area contributed by atoms with Crippen LogP contribution in [0.25, 0.3) is 0 Å². The first-order chi connectivity index (χ1) is 10.1. The van der Waals surface area contributed by atoms with E-state index in [1.807, 2.05) is 6.07 Å². The van der Waals surface area contributed by atoms with Gasteiger partial charge in [-0.2, -0.15) is 0 Å². The van der Waals surface area contributed by atoms with Gasteiger partial charge >= 0.3 is 0 Å². The van der Waals surface area contributed by atoms with Gasteiger partial charge in [-0.15, -0.1) is 0 Å². The highest BCUT2D eigenvalue weighted by Gasteiger charge is 2.26. The fraction of sp³-hybridized carbons (Fsp3) is 0.667. The Balaban J connectivity index is 2.30. The lowest BCUT2D eigenvalue weighted by molar-refractivity contribution is 0.515. The fourth-order valence-corrected chi connectivity index (χ4v) is 3.33. The van der Waals surface area contributed by atoms with E-state index in [-0.39, 0.29) is 5.82 Å². The van der Waals surface area contributed by atoms with E-state index >= 15 is 0 Å². The highest BCUT2D eigenvalue weighted by molar-refractivity contribution is 5.56. The number of nitrogens with two attached hydrogens (primary N) is 1. The Morgan fingerprint density at radius 1 is 1.29 bits per heavy atom. The minimum Gasteiger partial charge on any atom is -0.366 e. The third-order valence-electron chi connectivity index (χ3n) is 4.48. The van der Waals surface area contributed by atoms with Crippen LogP contribution in [0.15, 0.2) is 18.2 Å². The molecule has 0 spiro atoms. The van der Waals surface area contributed by atoms with Gasteiger partial charge in [-0.25, -0.2) is 4.39 Å². The van der Waals surface area contributed by atoms with Crippen molar-refractivity contribution in [3.05, 3.63) is 29.6 Å².